The number of carbonyl (C=O) groups excluding carboxylic acids is 1. The van der Waals surface area contributed by atoms with Crippen molar-refractivity contribution in [3.8, 4) is 5.75 Å². The van der Waals surface area contributed by atoms with Crippen LogP contribution in [0.5, 0.6) is 5.75 Å². The highest BCUT2D eigenvalue weighted by molar-refractivity contribution is 7.99. The molecular formula is C18H20ClNO2S. The molecule has 2 aromatic rings. The van der Waals surface area contributed by atoms with E-state index in [1.807, 2.05) is 49.5 Å². The third-order valence-corrected chi connectivity index (χ3v) is 4.62. The normalized spacial score (nSPS) is 10.4. The Morgan fingerprint density at radius 3 is 2.65 bits per heavy atom. The molecule has 0 spiro atoms. The van der Waals surface area contributed by atoms with Gasteiger partial charge in [0.25, 0.3) is 0 Å². The van der Waals surface area contributed by atoms with E-state index in [0.29, 0.717) is 23.1 Å². The quantitative estimate of drug-likeness (QED) is 0.748. The molecule has 0 saturated carbocycles. The summed E-state index contributed by atoms with van der Waals surface area (Å²) in [5, 5.41) is 0.675. The lowest BCUT2D eigenvalue weighted by molar-refractivity contribution is -0.127. The molecule has 0 aliphatic heterocycles. The second-order valence-electron chi connectivity index (χ2n) is 5.18. The molecule has 2 rings (SSSR count). The van der Waals surface area contributed by atoms with Gasteiger partial charge in [-0.05, 0) is 23.8 Å². The molecule has 2 aromatic carbocycles. The van der Waals surface area contributed by atoms with Crippen LogP contribution in [0.3, 0.4) is 0 Å². The van der Waals surface area contributed by atoms with Crippen LogP contribution >= 0.6 is 23.4 Å². The van der Waals surface area contributed by atoms with Gasteiger partial charge in [-0.25, -0.2) is 0 Å². The van der Waals surface area contributed by atoms with Gasteiger partial charge in [0, 0.05) is 29.9 Å². The van der Waals surface area contributed by atoms with Gasteiger partial charge in [-0.1, -0.05) is 41.9 Å². The number of nitrogens with zero attached hydrogens (tertiary/aromatic N) is 1. The molecule has 5 heteroatoms. The van der Waals surface area contributed by atoms with Crippen molar-refractivity contribution in [2.24, 2.45) is 0 Å². The summed E-state index contributed by atoms with van der Waals surface area (Å²) in [6, 6.07) is 15.5. The van der Waals surface area contributed by atoms with Gasteiger partial charge < -0.3 is 9.64 Å². The summed E-state index contributed by atoms with van der Waals surface area (Å²) >= 11 is 7.58. The van der Waals surface area contributed by atoms with Crippen LogP contribution in [-0.4, -0.2) is 30.7 Å². The van der Waals surface area contributed by atoms with Crippen molar-refractivity contribution in [2.75, 3.05) is 19.9 Å². The Labute approximate surface area is 146 Å². The lowest BCUT2D eigenvalue weighted by atomic mass is 10.2. The molecule has 0 saturated heterocycles. The van der Waals surface area contributed by atoms with E-state index in [1.54, 1.807) is 29.8 Å². The zero-order chi connectivity index (χ0) is 16.7. The number of carbonyl (C=O) groups is 1. The molecule has 3 nitrogen and oxygen atoms in total. The van der Waals surface area contributed by atoms with Gasteiger partial charge in [-0.15, -0.1) is 11.8 Å². The molecule has 122 valence electrons. The summed E-state index contributed by atoms with van der Waals surface area (Å²) in [6.07, 6.45) is 0. The number of methoxy groups -OCH3 is 1. The largest absolute Gasteiger partial charge is 0.496 e. The van der Waals surface area contributed by atoms with Crippen molar-refractivity contribution in [3.05, 3.63) is 64.7 Å². The maximum Gasteiger partial charge on any atom is 0.232 e. The van der Waals surface area contributed by atoms with Crippen molar-refractivity contribution in [1.29, 1.82) is 0 Å². The number of ether oxygens (including phenoxy) is 1. The summed E-state index contributed by atoms with van der Waals surface area (Å²) in [5.41, 5.74) is 2.13. The summed E-state index contributed by atoms with van der Waals surface area (Å²) in [6.45, 7) is 0.626. The Morgan fingerprint density at radius 1 is 1.22 bits per heavy atom. The average Bonchev–Trinajstić information content (AvgIpc) is 2.56. The summed E-state index contributed by atoms with van der Waals surface area (Å²) in [7, 11) is 3.46. The van der Waals surface area contributed by atoms with Crippen molar-refractivity contribution < 1.29 is 9.53 Å². The van der Waals surface area contributed by atoms with E-state index in [9.17, 15) is 4.79 Å². The predicted molar refractivity (Wildman–Crippen MR) is 97.1 cm³/mol. The van der Waals surface area contributed by atoms with Crippen LogP contribution in [0.1, 0.15) is 11.1 Å². The average molecular weight is 350 g/mol. The first kappa shape index (κ1) is 17.7. The second kappa shape index (κ2) is 8.85. The zero-order valence-electron chi connectivity index (χ0n) is 13.3. The van der Waals surface area contributed by atoms with E-state index >= 15 is 0 Å². The maximum atomic E-state index is 12.2. The monoisotopic (exact) mass is 349 g/mol. The van der Waals surface area contributed by atoms with Gasteiger partial charge in [-0.2, -0.15) is 0 Å². The Kier molecular flexibility index (Phi) is 6.81. The smallest absolute Gasteiger partial charge is 0.232 e. The van der Waals surface area contributed by atoms with Crippen LogP contribution in [0.15, 0.2) is 48.5 Å². The Hall–Kier alpha value is -1.65. The minimum atomic E-state index is 0.111. The highest BCUT2D eigenvalue weighted by Crippen LogP contribution is 2.26. The summed E-state index contributed by atoms with van der Waals surface area (Å²) < 4.78 is 5.32. The van der Waals surface area contributed by atoms with Crippen molar-refractivity contribution in [2.45, 2.75) is 12.3 Å². The minimum Gasteiger partial charge on any atom is -0.496 e. The highest BCUT2D eigenvalue weighted by Gasteiger charge is 2.11. The highest BCUT2D eigenvalue weighted by atomic mass is 35.5. The van der Waals surface area contributed by atoms with E-state index in [0.717, 1.165) is 16.9 Å². The first-order valence-electron chi connectivity index (χ1n) is 7.28. The second-order valence-corrected chi connectivity index (χ2v) is 6.61. The summed E-state index contributed by atoms with van der Waals surface area (Å²) in [4.78, 5) is 14.0. The lowest BCUT2D eigenvalue weighted by Crippen LogP contribution is -2.27. The number of halogens is 1. The lowest BCUT2D eigenvalue weighted by Gasteiger charge is -2.17. The van der Waals surface area contributed by atoms with Crippen LogP contribution in [0, 0.1) is 0 Å². The number of amides is 1. The SMILES string of the molecule is COc1ccc(Cl)cc1CSCC(=O)N(C)Cc1ccccc1. The van der Waals surface area contributed by atoms with E-state index in [1.165, 1.54) is 0 Å². The Morgan fingerprint density at radius 2 is 1.96 bits per heavy atom. The fourth-order valence-electron chi connectivity index (χ4n) is 2.16. The standard InChI is InChI=1S/C18H20ClNO2S/c1-20(11-14-6-4-3-5-7-14)18(21)13-23-12-15-10-16(19)8-9-17(15)22-2/h3-10H,11-13H2,1-2H3. The third kappa shape index (κ3) is 5.48. The van der Waals surface area contributed by atoms with Crippen molar-refractivity contribution in [3.63, 3.8) is 0 Å². The Balaban J connectivity index is 1.84. The third-order valence-electron chi connectivity index (χ3n) is 3.41. The number of hydrogen-bond donors (Lipinski definition) is 0. The Bertz CT molecular complexity index is 649. The molecule has 0 unspecified atom stereocenters. The number of rotatable bonds is 7. The maximum absolute atomic E-state index is 12.2. The van der Waals surface area contributed by atoms with Crippen LogP contribution < -0.4 is 4.74 Å². The number of thioether (sulfide) groups is 1. The molecule has 0 aromatic heterocycles. The number of benzene rings is 2. The molecule has 0 radical (unpaired) electrons. The predicted octanol–water partition coefficient (Wildman–Crippen LogP) is 4.24. The molecule has 0 aliphatic carbocycles. The number of hydrogen-bond acceptors (Lipinski definition) is 3. The van der Waals surface area contributed by atoms with Crippen LogP contribution in [0.25, 0.3) is 0 Å². The van der Waals surface area contributed by atoms with E-state index < -0.39 is 0 Å². The molecule has 0 bridgehead atoms. The van der Waals surface area contributed by atoms with Gasteiger partial charge in [0.1, 0.15) is 5.75 Å². The van der Waals surface area contributed by atoms with Gasteiger partial charge >= 0.3 is 0 Å². The molecule has 0 fully saturated rings. The van der Waals surface area contributed by atoms with E-state index in [-0.39, 0.29) is 5.91 Å². The first-order valence-corrected chi connectivity index (χ1v) is 8.81. The van der Waals surface area contributed by atoms with Crippen LogP contribution in [0.2, 0.25) is 5.02 Å². The molecule has 0 atom stereocenters. The molecule has 1 amide bonds. The van der Waals surface area contributed by atoms with Crippen molar-refractivity contribution >= 4 is 29.3 Å². The fraction of sp³-hybridized carbons (Fsp3) is 0.278. The molecule has 23 heavy (non-hydrogen) atoms. The van der Waals surface area contributed by atoms with E-state index in [4.69, 9.17) is 16.3 Å². The first-order chi connectivity index (χ1) is 11.1. The summed E-state index contributed by atoms with van der Waals surface area (Å²) in [5.74, 6) is 2.03. The molecule has 0 heterocycles. The fourth-order valence-corrected chi connectivity index (χ4v) is 3.30. The van der Waals surface area contributed by atoms with Crippen LogP contribution in [0.4, 0.5) is 0 Å². The van der Waals surface area contributed by atoms with Gasteiger partial charge in [0.2, 0.25) is 5.91 Å². The minimum absolute atomic E-state index is 0.111. The zero-order valence-corrected chi connectivity index (χ0v) is 14.9. The van der Waals surface area contributed by atoms with Crippen molar-refractivity contribution in [1.82, 2.24) is 4.90 Å². The van der Waals surface area contributed by atoms with E-state index in [2.05, 4.69) is 0 Å². The molecular weight excluding hydrogens is 330 g/mol. The van der Waals surface area contributed by atoms with Crippen LogP contribution in [-0.2, 0) is 17.1 Å². The van der Waals surface area contributed by atoms with Gasteiger partial charge in [-0.3, -0.25) is 4.79 Å². The molecule has 0 N–H and O–H groups in total. The molecule has 0 aliphatic rings. The van der Waals surface area contributed by atoms with Gasteiger partial charge in [0.15, 0.2) is 0 Å². The van der Waals surface area contributed by atoms with Gasteiger partial charge in [0.05, 0.1) is 12.9 Å². The topological polar surface area (TPSA) is 29.5 Å².